The standard InChI is InChI=1S/C23H37N3O2/c1-3-24-23(25-13-6-14-28-22-11-15-27-16-12-22)26-18(2)20-10-9-19-7-4-5-8-21(19)17-20/h9-10,17-18,22H,3-8,11-16H2,1-2H3,(H2,24,25,26). The Hall–Kier alpha value is -1.59. The van der Waals surface area contributed by atoms with Crippen LogP contribution >= 0.6 is 0 Å². The molecule has 3 rings (SSSR count). The van der Waals surface area contributed by atoms with Gasteiger partial charge < -0.3 is 20.1 Å². The number of hydrogen-bond acceptors (Lipinski definition) is 3. The molecule has 28 heavy (non-hydrogen) atoms. The van der Waals surface area contributed by atoms with Crippen molar-refractivity contribution in [3.05, 3.63) is 34.9 Å². The highest BCUT2D eigenvalue weighted by molar-refractivity contribution is 5.80. The summed E-state index contributed by atoms with van der Waals surface area (Å²) in [5, 5.41) is 6.93. The van der Waals surface area contributed by atoms with E-state index in [9.17, 15) is 0 Å². The maximum atomic E-state index is 5.94. The van der Waals surface area contributed by atoms with Gasteiger partial charge in [-0.15, -0.1) is 0 Å². The van der Waals surface area contributed by atoms with Gasteiger partial charge in [0.1, 0.15) is 0 Å². The molecule has 0 saturated carbocycles. The minimum absolute atomic E-state index is 0.239. The monoisotopic (exact) mass is 387 g/mol. The Bertz CT molecular complexity index is 626. The van der Waals surface area contributed by atoms with Gasteiger partial charge in [0, 0.05) is 32.9 Å². The number of benzene rings is 1. The fourth-order valence-electron chi connectivity index (χ4n) is 3.98. The van der Waals surface area contributed by atoms with Gasteiger partial charge in [-0.05, 0) is 75.5 Å². The van der Waals surface area contributed by atoms with Gasteiger partial charge >= 0.3 is 0 Å². The number of rotatable bonds is 8. The summed E-state index contributed by atoms with van der Waals surface area (Å²) >= 11 is 0. The topological polar surface area (TPSA) is 54.9 Å². The van der Waals surface area contributed by atoms with Crippen LogP contribution in [0.15, 0.2) is 23.2 Å². The molecule has 2 N–H and O–H groups in total. The lowest BCUT2D eigenvalue weighted by Gasteiger charge is -2.22. The second-order valence-corrected chi connectivity index (χ2v) is 7.90. The molecule has 1 aliphatic heterocycles. The third-order valence-corrected chi connectivity index (χ3v) is 5.66. The van der Waals surface area contributed by atoms with Gasteiger partial charge in [-0.1, -0.05) is 18.2 Å². The number of ether oxygens (including phenoxy) is 2. The van der Waals surface area contributed by atoms with Gasteiger partial charge in [0.2, 0.25) is 0 Å². The third-order valence-electron chi connectivity index (χ3n) is 5.66. The first-order chi connectivity index (χ1) is 13.8. The van der Waals surface area contributed by atoms with E-state index >= 15 is 0 Å². The van der Waals surface area contributed by atoms with Crippen LogP contribution in [0.1, 0.15) is 68.7 Å². The lowest BCUT2D eigenvalue weighted by Crippen LogP contribution is -2.39. The van der Waals surface area contributed by atoms with Crippen molar-refractivity contribution in [2.24, 2.45) is 4.99 Å². The highest BCUT2D eigenvalue weighted by atomic mass is 16.5. The molecule has 5 heteroatoms. The summed E-state index contributed by atoms with van der Waals surface area (Å²) < 4.78 is 11.3. The lowest BCUT2D eigenvalue weighted by molar-refractivity contribution is -0.0318. The molecule has 2 aliphatic rings. The van der Waals surface area contributed by atoms with Crippen LogP contribution in [0.3, 0.4) is 0 Å². The molecule has 5 nitrogen and oxygen atoms in total. The van der Waals surface area contributed by atoms with Crippen LogP contribution in [0.4, 0.5) is 0 Å². The van der Waals surface area contributed by atoms with Crippen LogP contribution in [0.5, 0.6) is 0 Å². The highest BCUT2D eigenvalue weighted by Gasteiger charge is 2.14. The van der Waals surface area contributed by atoms with Crippen LogP contribution in [0, 0.1) is 0 Å². The number of hydrogen-bond donors (Lipinski definition) is 2. The molecule has 156 valence electrons. The highest BCUT2D eigenvalue weighted by Crippen LogP contribution is 2.24. The molecule has 0 radical (unpaired) electrons. The zero-order chi connectivity index (χ0) is 19.6. The van der Waals surface area contributed by atoms with E-state index in [2.05, 4.69) is 42.7 Å². The quantitative estimate of drug-likeness (QED) is 0.405. The Morgan fingerprint density at radius 3 is 2.79 bits per heavy atom. The zero-order valence-corrected chi connectivity index (χ0v) is 17.6. The molecule has 1 saturated heterocycles. The van der Waals surface area contributed by atoms with E-state index in [1.54, 1.807) is 0 Å². The number of nitrogens with one attached hydrogen (secondary N) is 2. The summed E-state index contributed by atoms with van der Waals surface area (Å²) in [7, 11) is 0. The summed E-state index contributed by atoms with van der Waals surface area (Å²) in [6.07, 6.45) is 8.45. The maximum absolute atomic E-state index is 5.94. The largest absolute Gasteiger partial charge is 0.381 e. The van der Waals surface area contributed by atoms with Crippen molar-refractivity contribution in [2.75, 3.05) is 32.9 Å². The molecule has 1 fully saturated rings. The summed E-state index contributed by atoms with van der Waals surface area (Å²) in [5.41, 5.74) is 4.41. The van der Waals surface area contributed by atoms with Gasteiger partial charge in [0.05, 0.1) is 12.1 Å². The summed E-state index contributed by atoms with van der Waals surface area (Å²) in [5.74, 6) is 0.888. The van der Waals surface area contributed by atoms with E-state index in [-0.39, 0.29) is 6.04 Å². The average Bonchev–Trinajstić information content (AvgIpc) is 2.74. The number of fused-ring (bicyclic) bond motifs is 1. The molecule has 1 unspecified atom stereocenters. The molecule has 1 aromatic rings. The van der Waals surface area contributed by atoms with Gasteiger partial charge in [0.25, 0.3) is 0 Å². The van der Waals surface area contributed by atoms with Crippen molar-refractivity contribution in [1.29, 1.82) is 0 Å². The Balaban J connectivity index is 1.46. The van der Waals surface area contributed by atoms with E-state index < -0.39 is 0 Å². The van der Waals surface area contributed by atoms with Crippen LogP contribution in [0.25, 0.3) is 0 Å². The second-order valence-electron chi connectivity index (χ2n) is 7.90. The number of nitrogens with zero attached hydrogens (tertiary/aromatic N) is 1. The molecular formula is C23H37N3O2. The normalized spacial score (nSPS) is 19.1. The van der Waals surface area contributed by atoms with Crippen molar-refractivity contribution in [2.45, 2.75) is 70.9 Å². The van der Waals surface area contributed by atoms with Crippen molar-refractivity contribution < 1.29 is 9.47 Å². The third kappa shape index (κ3) is 6.49. The van der Waals surface area contributed by atoms with Crippen LogP contribution in [-0.2, 0) is 22.3 Å². The second kappa shape index (κ2) is 11.4. The maximum Gasteiger partial charge on any atom is 0.191 e. The molecule has 0 spiro atoms. The van der Waals surface area contributed by atoms with Crippen LogP contribution in [-0.4, -0.2) is 45.0 Å². The molecule has 1 atom stereocenters. The molecule has 0 aromatic heterocycles. The Kier molecular flexibility index (Phi) is 8.62. The van der Waals surface area contributed by atoms with Gasteiger partial charge in [0.15, 0.2) is 5.96 Å². The van der Waals surface area contributed by atoms with Gasteiger partial charge in [-0.2, -0.15) is 0 Å². The zero-order valence-electron chi connectivity index (χ0n) is 17.6. The first kappa shape index (κ1) is 21.1. The number of aryl methyl sites for hydroxylation is 2. The van der Waals surface area contributed by atoms with E-state index in [1.807, 2.05) is 0 Å². The van der Waals surface area contributed by atoms with Crippen molar-refractivity contribution in [1.82, 2.24) is 10.6 Å². The molecule has 0 bridgehead atoms. The summed E-state index contributed by atoms with van der Waals surface area (Å²) in [4.78, 5) is 4.74. The summed E-state index contributed by atoms with van der Waals surface area (Å²) in [6, 6.07) is 7.22. The fourth-order valence-corrected chi connectivity index (χ4v) is 3.98. The van der Waals surface area contributed by atoms with E-state index in [1.165, 1.54) is 42.4 Å². The Morgan fingerprint density at radius 2 is 2.00 bits per heavy atom. The smallest absolute Gasteiger partial charge is 0.191 e. The SMILES string of the molecule is CCNC(=NCCCOC1CCOCC1)NC(C)c1ccc2c(c1)CCCC2. The Morgan fingerprint density at radius 1 is 1.21 bits per heavy atom. The average molecular weight is 388 g/mol. The molecule has 1 aliphatic carbocycles. The van der Waals surface area contributed by atoms with E-state index in [0.717, 1.165) is 58.1 Å². The minimum Gasteiger partial charge on any atom is -0.381 e. The lowest BCUT2D eigenvalue weighted by atomic mass is 9.89. The van der Waals surface area contributed by atoms with Gasteiger partial charge in [-0.3, -0.25) is 4.99 Å². The Labute approximate surface area is 170 Å². The predicted octanol–water partition coefficient (Wildman–Crippen LogP) is 3.77. The van der Waals surface area contributed by atoms with Crippen molar-refractivity contribution >= 4 is 5.96 Å². The minimum atomic E-state index is 0.239. The predicted molar refractivity (Wildman–Crippen MR) is 115 cm³/mol. The van der Waals surface area contributed by atoms with E-state index in [0.29, 0.717) is 6.10 Å². The summed E-state index contributed by atoms with van der Waals surface area (Å²) in [6.45, 7) is 8.39. The first-order valence-corrected chi connectivity index (χ1v) is 11.1. The van der Waals surface area contributed by atoms with Gasteiger partial charge in [-0.25, -0.2) is 0 Å². The number of guanidine groups is 1. The fraction of sp³-hybridized carbons (Fsp3) is 0.696. The molecular weight excluding hydrogens is 350 g/mol. The van der Waals surface area contributed by atoms with Crippen molar-refractivity contribution in [3.63, 3.8) is 0 Å². The van der Waals surface area contributed by atoms with Crippen LogP contribution < -0.4 is 10.6 Å². The van der Waals surface area contributed by atoms with E-state index in [4.69, 9.17) is 14.5 Å². The van der Waals surface area contributed by atoms with Crippen molar-refractivity contribution in [3.8, 4) is 0 Å². The molecule has 1 aromatic carbocycles. The number of aliphatic imine (C=N–C) groups is 1. The first-order valence-electron chi connectivity index (χ1n) is 11.1. The van der Waals surface area contributed by atoms with Crippen LogP contribution in [0.2, 0.25) is 0 Å². The molecule has 1 heterocycles. The molecule has 0 amide bonds.